The summed E-state index contributed by atoms with van der Waals surface area (Å²) in [5, 5.41) is 2.79. The molecule has 0 aliphatic heterocycles. The number of amides is 2. The molecule has 0 aliphatic rings. The van der Waals surface area contributed by atoms with Gasteiger partial charge in [0.2, 0.25) is 0 Å². The minimum absolute atomic E-state index is 0.0632. The molecule has 0 saturated carbocycles. The third kappa shape index (κ3) is 7.10. The van der Waals surface area contributed by atoms with Crippen molar-refractivity contribution in [2.45, 2.75) is 39.5 Å². The van der Waals surface area contributed by atoms with Gasteiger partial charge in [-0.3, -0.25) is 4.79 Å². The van der Waals surface area contributed by atoms with Gasteiger partial charge in [0.05, 0.1) is 0 Å². The zero-order chi connectivity index (χ0) is 24.7. The number of hydrogen-bond donors (Lipinski definition) is 1. The van der Waals surface area contributed by atoms with Gasteiger partial charge in [-0.15, -0.1) is 0 Å². The third-order valence-electron chi connectivity index (χ3n) is 4.95. The number of rotatable bonds is 7. The van der Waals surface area contributed by atoms with Gasteiger partial charge < -0.3 is 19.7 Å². The van der Waals surface area contributed by atoms with Crippen molar-refractivity contribution in [2.24, 2.45) is 0 Å². The highest BCUT2D eigenvalue weighted by atomic mass is 16.6. The summed E-state index contributed by atoms with van der Waals surface area (Å²) in [6, 6.07) is 23.2. The highest BCUT2D eigenvalue weighted by molar-refractivity contribution is 5.95. The summed E-state index contributed by atoms with van der Waals surface area (Å²) >= 11 is 0. The number of ether oxygens (including phenoxy) is 2. The second-order valence-corrected chi connectivity index (χ2v) is 9.24. The monoisotopic (exact) mass is 460 g/mol. The van der Waals surface area contributed by atoms with Crippen LogP contribution in [-0.2, 0) is 17.9 Å². The molecule has 0 atom stereocenters. The largest absolute Gasteiger partial charge is 0.488 e. The lowest BCUT2D eigenvalue weighted by Crippen LogP contribution is -2.32. The van der Waals surface area contributed by atoms with E-state index in [9.17, 15) is 9.59 Å². The summed E-state index contributed by atoms with van der Waals surface area (Å²) in [5.74, 6) is 0.605. The van der Waals surface area contributed by atoms with Gasteiger partial charge in [0.15, 0.2) is 0 Å². The fourth-order valence-corrected chi connectivity index (χ4v) is 3.34. The first kappa shape index (κ1) is 24.8. The van der Waals surface area contributed by atoms with Gasteiger partial charge in [-0.25, -0.2) is 4.79 Å². The zero-order valence-corrected chi connectivity index (χ0v) is 20.4. The van der Waals surface area contributed by atoms with E-state index in [1.54, 1.807) is 25.1 Å². The molecule has 0 aromatic heterocycles. The van der Waals surface area contributed by atoms with E-state index in [0.717, 1.165) is 22.3 Å². The lowest BCUT2D eigenvalue weighted by atomic mass is 10.00. The van der Waals surface area contributed by atoms with Crippen LogP contribution in [0.4, 0.5) is 4.79 Å². The molecule has 0 unspecified atom stereocenters. The summed E-state index contributed by atoms with van der Waals surface area (Å²) in [5.41, 5.74) is 3.70. The summed E-state index contributed by atoms with van der Waals surface area (Å²) in [7, 11) is 3.46. The molecule has 2 amide bonds. The van der Waals surface area contributed by atoms with E-state index < -0.39 is 11.7 Å². The van der Waals surface area contributed by atoms with Crippen LogP contribution in [0, 0.1) is 0 Å². The number of carbonyl (C=O) groups excluding carboxylic acids is 2. The Morgan fingerprint density at radius 1 is 0.882 bits per heavy atom. The maximum atomic E-state index is 12.5. The highest BCUT2D eigenvalue weighted by Gasteiger charge is 2.17. The first-order valence-corrected chi connectivity index (χ1v) is 11.2. The number of alkyl carbamates (subject to hydrolysis) is 1. The maximum absolute atomic E-state index is 12.5. The number of hydrogen-bond acceptors (Lipinski definition) is 4. The Morgan fingerprint density at radius 2 is 1.62 bits per heavy atom. The summed E-state index contributed by atoms with van der Waals surface area (Å²) in [4.78, 5) is 26.1. The molecule has 3 aromatic rings. The van der Waals surface area contributed by atoms with Crippen LogP contribution in [0.1, 0.15) is 42.3 Å². The number of benzene rings is 3. The third-order valence-corrected chi connectivity index (χ3v) is 4.95. The van der Waals surface area contributed by atoms with E-state index in [4.69, 9.17) is 9.47 Å². The van der Waals surface area contributed by atoms with Crippen molar-refractivity contribution in [2.75, 3.05) is 14.1 Å². The first-order chi connectivity index (χ1) is 16.1. The van der Waals surface area contributed by atoms with Crippen molar-refractivity contribution in [3.8, 4) is 16.9 Å². The van der Waals surface area contributed by atoms with Crippen LogP contribution in [0.25, 0.3) is 11.1 Å². The molecule has 0 spiro atoms. The lowest BCUT2D eigenvalue weighted by Gasteiger charge is -2.20. The molecule has 0 saturated heterocycles. The predicted octanol–water partition coefficient (Wildman–Crippen LogP) is 5.66. The number of nitrogens with zero attached hydrogens (tertiary/aromatic N) is 1. The molecule has 34 heavy (non-hydrogen) atoms. The molecule has 178 valence electrons. The van der Waals surface area contributed by atoms with E-state index in [-0.39, 0.29) is 5.91 Å². The van der Waals surface area contributed by atoms with Crippen LogP contribution < -0.4 is 10.1 Å². The lowest BCUT2D eigenvalue weighted by molar-refractivity contribution is 0.0523. The van der Waals surface area contributed by atoms with Crippen molar-refractivity contribution in [3.63, 3.8) is 0 Å². The second-order valence-electron chi connectivity index (χ2n) is 9.24. The van der Waals surface area contributed by atoms with Crippen molar-refractivity contribution >= 4 is 12.0 Å². The van der Waals surface area contributed by atoms with Crippen LogP contribution in [0.2, 0.25) is 0 Å². The predicted molar refractivity (Wildman–Crippen MR) is 134 cm³/mol. The maximum Gasteiger partial charge on any atom is 0.407 e. The van der Waals surface area contributed by atoms with Gasteiger partial charge in [0.25, 0.3) is 5.91 Å². The molecule has 6 nitrogen and oxygen atoms in total. The molecule has 3 rings (SSSR count). The van der Waals surface area contributed by atoms with Crippen LogP contribution in [0.15, 0.2) is 72.8 Å². The second kappa shape index (κ2) is 10.9. The fourth-order valence-electron chi connectivity index (χ4n) is 3.34. The first-order valence-electron chi connectivity index (χ1n) is 11.2. The SMILES string of the molecule is CN(C)C(=O)c1cccc(-c2ccc(CNC(=O)OC(C)(C)C)cc2OCc2ccccc2)c1. The molecule has 3 aromatic carbocycles. The van der Waals surface area contributed by atoms with E-state index in [1.165, 1.54) is 0 Å². The molecule has 0 bridgehead atoms. The molecule has 0 fully saturated rings. The van der Waals surface area contributed by atoms with E-state index in [1.807, 2.05) is 87.5 Å². The smallest absolute Gasteiger partial charge is 0.407 e. The van der Waals surface area contributed by atoms with Crippen LogP contribution >= 0.6 is 0 Å². The summed E-state index contributed by atoms with van der Waals surface area (Å²) in [6.45, 7) is 6.17. The van der Waals surface area contributed by atoms with E-state index >= 15 is 0 Å². The Bertz CT molecular complexity index is 1130. The van der Waals surface area contributed by atoms with Crippen LogP contribution in [-0.4, -0.2) is 36.6 Å². The number of nitrogens with one attached hydrogen (secondary N) is 1. The van der Waals surface area contributed by atoms with E-state index in [0.29, 0.717) is 24.5 Å². The minimum atomic E-state index is -0.563. The van der Waals surface area contributed by atoms with Gasteiger partial charge in [0.1, 0.15) is 18.0 Å². The average Bonchev–Trinajstić information content (AvgIpc) is 2.80. The van der Waals surface area contributed by atoms with Gasteiger partial charge in [-0.05, 0) is 55.7 Å². The minimum Gasteiger partial charge on any atom is -0.488 e. The van der Waals surface area contributed by atoms with Crippen molar-refractivity contribution in [1.29, 1.82) is 0 Å². The Morgan fingerprint density at radius 3 is 2.29 bits per heavy atom. The molecule has 1 N–H and O–H groups in total. The zero-order valence-electron chi connectivity index (χ0n) is 20.4. The standard InChI is InChI=1S/C28H32N2O4/c1-28(2,3)34-27(32)29-18-21-14-15-24(22-12-9-13-23(17-22)26(31)30(4)5)25(16-21)33-19-20-10-7-6-8-11-20/h6-17H,18-19H2,1-5H3,(H,29,32). The topological polar surface area (TPSA) is 67.9 Å². The van der Waals surface area contributed by atoms with Crippen LogP contribution in [0.3, 0.4) is 0 Å². The molecule has 0 heterocycles. The van der Waals surface area contributed by atoms with Gasteiger partial charge in [-0.1, -0.05) is 54.6 Å². The fraction of sp³-hybridized carbons (Fsp3) is 0.286. The van der Waals surface area contributed by atoms with Crippen LogP contribution in [0.5, 0.6) is 5.75 Å². The van der Waals surface area contributed by atoms with Gasteiger partial charge in [-0.2, -0.15) is 0 Å². The van der Waals surface area contributed by atoms with Crippen molar-refractivity contribution in [3.05, 3.63) is 89.5 Å². The summed E-state index contributed by atoms with van der Waals surface area (Å²) < 4.78 is 11.5. The molecule has 0 aliphatic carbocycles. The van der Waals surface area contributed by atoms with Crippen molar-refractivity contribution < 1.29 is 19.1 Å². The molecular weight excluding hydrogens is 428 g/mol. The average molecular weight is 461 g/mol. The normalized spacial score (nSPS) is 11.0. The Labute approximate surface area is 201 Å². The number of carbonyl (C=O) groups is 2. The molecule has 0 radical (unpaired) electrons. The van der Waals surface area contributed by atoms with Crippen molar-refractivity contribution in [1.82, 2.24) is 10.2 Å². The quantitative estimate of drug-likeness (QED) is 0.494. The Kier molecular flexibility index (Phi) is 7.95. The molecule has 6 heteroatoms. The summed E-state index contributed by atoms with van der Waals surface area (Å²) in [6.07, 6.45) is -0.474. The Hall–Kier alpha value is -3.80. The molecular formula is C28H32N2O4. The van der Waals surface area contributed by atoms with E-state index in [2.05, 4.69) is 5.32 Å². The highest BCUT2D eigenvalue weighted by Crippen LogP contribution is 2.32. The Balaban J connectivity index is 1.88. The van der Waals surface area contributed by atoms with Gasteiger partial charge in [0, 0.05) is 31.8 Å². The van der Waals surface area contributed by atoms with Gasteiger partial charge >= 0.3 is 6.09 Å².